The van der Waals surface area contributed by atoms with Gasteiger partial charge in [-0.3, -0.25) is 9.48 Å². The Labute approximate surface area is 184 Å². The maximum Gasteiger partial charge on any atom is 0.274 e. The van der Waals surface area contributed by atoms with Crippen molar-refractivity contribution in [3.63, 3.8) is 0 Å². The SMILES string of the molecule is CN1CCOc2ccc(F)cc2[C@H]2CCCN2c2nc(cnc2N)-c2cn(C)nc2C1=O. The van der Waals surface area contributed by atoms with Gasteiger partial charge in [0.1, 0.15) is 18.2 Å². The second kappa shape index (κ2) is 7.77. The van der Waals surface area contributed by atoms with Crippen LogP contribution in [0.25, 0.3) is 11.3 Å². The van der Waals surface area contributed by atoms with Crippen LogP contribution in [0.1, 0.15) is 34.9 Å². The fraction of sp³-hybridized carbons (Fsp3) is 0.364. The molecule has 2 bridgehead atoms. The average molecular weight is 437 g/mol. The summed E-state index contributed by atoms with van der Waals surface area (Å²) in [6.07, 6.45) is 5.01. The van der Waals surface area contributed by atoms with Crippen molar-refractivity contribution in [2.75, 3.05) is 37.4 Å². The Bertz CT molecular complexity index is 1200. The number of aryl methyl sites for hydroxylation is 1. The highest BCUT2D eigenvalue weighted by atomic mass is 19.1. The number of halogens is 1. The van der Waals surface area contributed by atoms with E-state index in [0.717, 1.165) is 18.4 Å². The van der Waals surface area contributed by atoms with E-state index in [9.17, 15) is 9.18 Å². The van der Waals surface area contributed by atoms with E-state index < -0.39 is 0 Å². The van der Waals surface area contributed by atoms with Crippen molar-refractivity contribution in [1.29, 1.82) is 0 Å². The Balaban J connectivity index is 1.70. The number of nitrogen functional groups attached to an aromatic ring is 1. The number of aromatic nitrogens is 4. The molecule has 4 heterocycles. The molecule has 2 aliphatic rings. The minimum atomic E-state index is -0.333. The fourth-order valence-electron chi connectivity index (χ4n) is 4.39. The summed E-state index contributed by atoms with van der Waals surface area (Å²) in [5.74, 6) is 0.788. The summed E-state index contributed by atoms with van der Waals surface area (Å²) in [4.78, 5) is 25.9. The van der Waals surface area contributed by atoms with E-state index in [1.165, 1.54) is 12.1 Å². The number of likely N-dealkylation sites (N-methyl/N-ethyl adjacent to an activating group) is 1. The molecule has 5 rings (SSSR count). The third kappa shape index (κ3) is 3.41. The topological polar surface area (TPSA) is 102 Å². The van der Waals surface area contributed by atoms with Crippen LogP contribution >= 0.6 is 0 Å². The lowest BCUT2D eigenvalue weighted by atomic mass is 10.0. The molecular formula is C22H24FN7O2. The van der Waals surface area contributed by atoms with E-state index in [1.807, 2.05) is 4.90 Å². The van der Waals surface area contributed by atoms with Gasteiger partial charge in [0, 0.05) is 32.4 Å². The maximum atomic E-state index is 14.2. The van der Waals surface area contributed by atoms with Crippen molar-refractivity contribution in [3.05, 3.63) is 47.7 Å². The van der Waals surface area contributed by atoms with Crippen molar-refractivity contribution >= 4 is 17.5 Å². The molecule has 0 spiro atoms. The van der Waals surface area contributed by atoms with Crippen LogP contribution in [0.2, 0.25) is 0 Å². The normalized spacial score (nSPS) is 18.5. The van der Waals surface area contributed by atoms with Crippen LogP contribution in [-0.2, 0) is 7.05 Å². The average Bonchev–Trinajstić information content (AvgIpc) is 3.40. The van der Waals surface area contributed by atoms with Crippen LogP contribution in [0.15, 0.2) is 30.6 Å². The molecule has 166 valence electrons. The van der Waals surface area contributed by atoms with Gasteiger partial charge in [0.25, 0.3) is 5.91 Å². The minimum absolute atomic E-state index is 0.150. The van der Waals surface area contributed by atoms with Crippen molar-refractivity contribution in [2.45, 2.75) is 18.9 Å². The zero-order chi connectivity index (χ0) is 22.4. The first-order valence-electron chi connectivity index (χ1n) is 10.5. The monoisotopic (exact) mass is 437 g/mol. The van der Waals surface area contributed by atoms with Crippen molar-refractivity contribution in [2.24, 2.45) is 7.05 Å². The smallest absolute Gasteiger partial charge is 0.274 e. The molecule has 9 nitrogen and oxygen atoms in total. The standard InChI is InChI=1S/C22H24FN7O2/c1-28-8-9-32-18-6-5-13(23)10-14(18)17-4-3-7-30(17)21-20(24)25-11-16(26-21)15-12-29(2)27-19(15)22(28)31/h5-6,10-12,17H,3-4,7-9H2,1-2H3,(H2,24,25)/t17-/m1/s1. The molecule has 1 aromatic carbocycles. The van der Waals surface area contributed by atoms with Crippen LogP contribution in [0.3, 0.4) is 0 Å². The number of carbonyl (C=O) groups is 1. The number of nitrogens with two attached hydrogens (primary N) is 1. The first-order chi connectivity index (χ1) is 15.4. The largest absolute Gasteiger partial charge is 0.491 e. The minimum Gasteiger partial charge on any atom is -0.491 e. The zero-order valence-electron chi connectivity index (χ0n) is 18.0. The van der Waals surface area contributed by atoms with Crippen LogP contribution in [-0.4, -0.2) is 57.3 Å². The number of rotatable bonds is 0. The van der Waals surface area contributed by atoms with E-state index in [2.05, 4.69) is 10.1 Å². The molecule has 3 aromatic rings. The number of amides is 1. The number of fused-ring (bicyclic) bond motifs is 8. The molecule has 1 fully saturated rings. The van der Waals surface area contributed by atoms with Crippen LogP contribution in [0.5, 0.6) is 5.75 Å². The van der Waals surface area contributed by atoms with Gasteiger partial charge in [0.05, 0.1) is 30.0 Å². The van der Waals surface area contributed by atoms with E-state index in [0.29, 0.717) is 35.9 Å². The number of benzene rings is 1. The van der Waals surface area contributed by atoms with Crippen LogP contribution in [0.4, 0.5) is 16.0 Å². The first-order valence-corrected chi connectivity index (χ1v) is 10.5. The second-order valence-electron chi connectivity index (χ2n) is 8.14. The highest BCUT2D eigenvalue weighted by molar-refractivity contribution is 5.98. The Kier molecular flexibility index (Phi) is 4.91. The summed E-state index contributed by atoms with van der Waals surface area (Å²) in [5, 5.41) is 4.37. The molecular weight excluding hydrogens is 413 g/mol. The third-order valence-corrected chi connectivity index (χ3v) is 5.98. The Hall–Kier alpha value is -3.69. The molecule has 1 atom stereocenters. The van der Waals surface area contributed by atoms with Gasteiger partial charge in [0.2, 0.25) is 0 Å². The molecule has 0 radical (unpaired) electrons. The lowest BCUT2D eigenvalue weighted by Gasteiger charge is -2.29. The molecule has 10 heteroatoms. The van der Waals surface area contributed by atoms with Gasteiger partial charge in [-0.1, -0.05) is 0 Å². The quantitative estimate of drug-likeness (QED) is 0.576. The molecule has 0 unspecified atom stereocenters. The highest BCUT2D eigenvalue weighted by Crippen LogP contribution is 2.41. The number of hydrogen-bond donors (Lipinski definition) is 1. The Morgan fingerprint density at radius 3 is 2.94 bits per heavy atom. The predicted octanol–water partition coefficient (Wildman–Crippen LogP) is 2.40. The summed E-state index contributed by atoms with van der Waals surface area (Å²) in [5.41, 5.74) is 8.35. The zero-order valence-corrected chi connectivity index (χ0v) is 18.0. The summed E-state index contributed by atoms with van der Waals surface area (Å²) in [6, 6.07) is 4.37. The van der Waals surface area contributed by atoms with Gasteiger partial charge in [-0.2, -0.15) is 5.10 Å². The van der Waals surface area contributed by atoms with E-state index in [4.69, 9.17) is 15.5 Å². The maximum absolute atomic E-state index is 14.2. The van der Waals surface area contributed by atoms with Gasteiger partial charge < -0.3 is 20.3 Å². The van der Waals surface area contributed by atoms with Crippen molar-refractivity contribution < 1.29 is 13.9 Å². The summed E-state index contributed by atoms with van der Waals surface area (Å²) in [6.45, 7) is 1.31. The Morgan fingerprint density at radius 1 is 1.25 bits per heavy atom. The molecule has 0 saturated carbocycles. The van der Waals surface area contributed by atoms with Crippen LogP contribution in [0, 0.1) is 5.82 Å². The van der Waals surface area contributed by atoms with Gasteiger partial charge in [-0.25, -0.2) is 14.4 Å². The van der Waals surface area contributed by atoms with Gasteiger partial charge in [-0.05, 0) is 31.0 Å². The lowest BCUT2D eigenvalue weighted by Crippen LogP contribution is -2.32. The molecule has 2 aromatic heterocycles. The summed E-state index contributed by atoms with van der Waals surface area (Å²) >= 11 is 0. The molecule has 2 aliphatic heterocycles. The number of carbonyl (C=O) groups excluding carboxylic acids is 1. The molecule has 2 N–H and O–H groups in total. The van der Waals surface area contributed by atoms with E-state index >= 15 is 0 Å². The molecule has 1 saturated heterocycles. The summed E-state index contributed by atoms with van der Waals surface area (Å²) < 4.78 is 21.8. The molecule has 1 amide bonds. The number of hydrogen-bond acceptors (Lipinski definition) is 7. The second-order valence-corrected chi connectivity index (χ2v) is 8.14. The highest BCUT2D eigenvalue weighted by Gasteiger charge is 2.32. The first kappa shape index (κ1) is 20.2. The number of anilines is 2. The van der Waals surface area contributed by atoms with E-state index in [1.54, 1.807) is 42.1 Å². The fourth-order valence-corrected chi connectivity index (χ4v) is 4.39. The van der Waals surface area contributed by atoms with Crippen molar-refractivity contribution in [1.82, 2.24) is 24.6 Å². The van der Waals surface area contributed by atoms with Crippen LogP contribution < -0.4 is 15.4 Å². The number of nitrogens with zero attached hydrogens (tertiary/aromatic N) is 6. The lowest BCUT2D eigenvalue weighted by molar-refractivity contribution is 0.0767. The molecule has 0 aliphatic carbocycles. The van der Waals surface area contributed by atoms with Crippen molar-refractivity contribution in [3.8, 4) is 17.0 Å². The predicted molar refractivity (Wildman–Crippen MR) is 117 cm³/mol. The summed E-state index contributed by atoms with van der Waals surface area (Å²) in [7, 11) is 3.45. The van der Waals surface area contributed by atoms with E-state index in [-0.39, 0.29) is 35.9 Å². The van der Waals surface area contributed by atoms with Gasteiger partial charge >= 0.3 is 0 Å². The van der Waals surface area contributed by atoms with Gasteiger partial charge in [0.15, 0.2) is 17.3 Å². The Morgan fingerprint density at radius 2 is 2.09 bits per heavy atom. The third-order valence-electron chi connectivity index (χ3n) is 5.98. The molecule has 32 heavy (non-hydrogen) atoms. The van der Waals surface area contributed by atoms with Gasteiger partial charge in [-0.15, -0.1) is 0 Å². The number of ether oxygens (including phenoxy) is 1.